The van der Waals surface area contributed by atoms with Gasteiger partial charge in [0.15, 0.2) is 0 Å². The summed E-state index contributed by atoms with van der Waals surface area (Å²) in [4.78, 5) is 11.4. The molecule has 16 heavy (non-hydrogen) atoms. The second-order valence-electron chi connectivity index (χ2n) is 3.32. The van der Waals surface area contributed by atoms with Crippen molar-refractivity contribution in [3.05, 3.63) is 18.5 Å². The molecule has 7 heteroatoms. The standard InChI is InChI=1S/C9H12N4O2S/c14-9(12-8-6-11-13-16-8)10-5-7-3-1-2-4-15-7/h2,4,6-7H,1,3,5H2,(H2,10,12,14). The molecular formula is C9H12N4O2S. The number of nitrogens with one attached hydrogen (secondary N) is 2. The molecule has 2 amide bonds. The van der Waals surface area contributed by atoms with Crippen LogP contribution in [0.2, 0.25) is 0 Å². The van der Waals surface area contributed by atoms with Crippen molar-refractivity contribution in [1.82, 2.24) is 14.9 Å². The first-order valence-electron chi connectivity index (χ1n) is 4.97. The van der Waals surface area contributed by atoms with E-state index in [0.717, 1.165) is 24.4 Å². The van der Waals surface area contributed by atoms with Gasteiger partial charge in [0, 0.05) is 11.5 Å². The molecule has 0 bridgehead atoms. The average molecular weight is 240 g/mol. The van der Waals surface area contributed by atoms with E-state index in [4.69, 9.17) is 4.74 Å². The van der Waals surface area contributed by atoms with Gasteiger partial charge in [-0.15, -0.1) is 5.10 Å². The van der Waals surface area contributed by atoms with E-state index >= 15 is 0 Å². The number of anilines is 1. The van der Waals surface area contributed by atoms with Crippen molar-refractivity contribution in [2.24, 2.45) is 0 Å². The minimum atomic E-state index is -0.260. The normalized spacial score (nSPS) is 18.9. The van der Waals surface area contributed by atoms with Gasteiger partial charge in [0.2, 0.25) is 0 Å². The lowest BCUT2D eigenvalue weighted by Gasteiger charge is -2.19. The van der Waals surface area contributed by atoms with E-state index in [2.05, 4.69) is 20.2 Å². The molecule has 0 saturated heterocycles. The SMILES string of the molecule is O=C(NCC1CCC=CO1)Nc1cnns1. The topological polar surface area (TPSA) is 76.1 Å². The van der Waals surface area contributed by atoms with E-state index in [1.807, 2.05) is 6.08 Å². The van der Waals surface area contributed by atoms with Gasteiger partial charge in [-0.1, -0.05) is 4.49 Å². The number of carbonyl (C=O) groups excluding carboxylic acids is 1. The van der Waals surface area contributed by atoms with Crippen molar-refractivity contribution >= 4 is 22.6 Å². The molecule has 2 N–H and O–H groups in total. The van der Waals surface area contributed by atoms with Crippen molar-refractivity contribution in [1.29, 1.82) is 0 Å². The molecule has 0 aromatic carbocycles. The number of allylic oxidation sites excluding steroid dienone is 1. The fourth-order valence-electron chi connectivity index (χ4n) is 1.32. The number of amides is 2. The maximum Gasteiger partial charge on any atom is 0.320 e. The highest BCUT2D eigenvalue weighted by atomic mass is 32.1. The van der Waals surface area contributed by atoms with Crippen LogP contribution in [-0.4, -0.2) is 28.3 Å². The van der Waals surface area contributed by atoms with Crippen LogP contribution in [0, 0.1) is 0 Å². The van der Waals surface area contributed by atoms with E-state index in [9.17, 15) is 4.79 Å². The fraction of sp³-hybridized carbons (Fsp3) is 0.444. The Labute approximate surface area is 96.9 Å². The monoisotopic (exact) mass is 240 g/mol. The highest BCUT2D eigenvalue weighted by molar-refractivity contribution is 7.10. The lowest BCUT2D eigenvalue weighted by atomic mass is 10.1. The summed E-state index contributed by atoms with van der Waals surface area (Å²) in [6, 6.07) is -0.260. The molecule has 0 spiro atoms. The zero-order chi connectivity index (χ0) is 11.2. The van der Waals surface area contributed by atoms with Gasteiger partial charge in [0.1, 0.15) is 11.1 Å². The molecule has 1 aliphatic rings. The number of carbonyl (C=O) groups is 1. The molecule has 1 aromatic heterocycles. The van der Waals surface area contributed by atoms with Crippen LogP contribution in [0.4, 0.5) is 9.80 Å². The molecule has 0 aliphatic carbocycles. The summed E-state index contributed by atoms with van der Waals surface area (Å²) in [6.45, 7) is 0.502. The third kappa shape index (κ3) is 3.20. The van der Waals surface area contributed by atoms with Crippen molar-refractivity contribution in [2.45, 2.75) is 18.9 Å². The van der Waals surface area contributed by atoms with Crippen LogP contribution in [0.1, 0.15) is 12.8 Å². The molecule has 0 saturated carbocycles. The Hall–Kier alpha value is -1.63. The highest BCUT2D eigenvalue weighted by Crippen LogP contribution is 2.10. The maximum absolute atomic E-state index is 11.4. The number of nitrogens with zero attached hydrogens (tertiary/aromatic N) is 2. The van der Waals surface area contributed by atoms with Crippen molar-refractivity contribution in [2.75, 3.05) is 11.9 Å². The number of hydrogen-bond acceptors (Lipinski definition) is 5. The molecule has 0 radical (unpaired) electrons. The number of aromatic nitrogens is 2. The van der Waals surface area contributed by atoms with E-state index in [0.29, 0.717) is 11.5 Å². The molecule has 86 valence electrons. The summed E-state index contributed by atoms with van der Waals surface area (Å²) < 4.78 is 8.96. The summed E-state index contributed by atoms with van der Waals surface area (Å²) in [5.41, 5.74) is 0. The van der Waals surface area contributed by atoms with Crippen LogP contribution in [-0.2, 0) is 4.74 Å². The summed E-state index contributed by atoms with van der Waals surface area (Å²) in [5, 5.41) is 9.61. The number of hydrogen-bond donors (Lipinski definition) is 2. The number of urea groups is 1. The van der Waals surface area contributed by atoms with Crippen molar-refractivity contribution in [3.63, 3.8) is 0 Å². The van der Waals surface area contributed by atoms with E-state index in [1.54, 1.807) is 6.26 Å². The molecule has 1 atom stereocenters. The van der Waals surface area contributed by atoms with Crippen LogP contribution >= 0.6 is 11.5 Å². The quantitative estimate of drug-likeness (QED) is 0.836. The highest BCUT2D eigenvalue weighted by Gasteiger charge is 2.12. The van der Waals surface area contributed by atoms with Gasteiger partial charge in [-0.2, -0.15) is 0 Å². The molecule has 1 aliphatic heterocycles. The second kappa shape index (κ2) is 5.45. The predicted molar refractivity (Wildman–Crippen MR) is 60.2 cm³/mol. The number of rotatable bonds is 3. The van der Waals surface area contributed by atoms with Gasteiger partial charge in [-0.05, 0) is 18.9 Å². The van der Waals surface area contributed by atoms with Gasteiger partial charge in [-0.3, -0.25) is 5.32 Å². The van der Waals surface area contributed by atoms with E-state index in [-0.39, 0.29) is 12.1 Å². The Kier molecular flexibility index (Phi) is 3.71. The van der Waals surface area contributed by atoms with Gasteiger partial charge in [-0.25, -0.2) is 4.79 Å². The van der Waals surface area contributed by atoms with E-state index < -0.39 is 0 Å². The summed E-state index contributed by atoms with van der Waals surface area (Å²) in [5.74, 6) is 0. The number of ether oxygens (including phenoxy) is 1. The zero-order valence-electron chi connectivity index (χ0n) is 8.55. The summed E-state index contributed by atoms with van der Waals surface area (Å²) in [7, 11) is 0. The molecular weight excluding hydrogens is 228 g/mol. The first kappa shape index (κ1) is 10.9. The molecule has 1 aromatic rings. The van der Waals surface area contributed by atoms with Crippen LogP contribution in [0.5, 0.6) is 0 Å². The van der Waals surface area contributed by atoms with Gasteiger partial charge >= 0.3 is 6.03 Å². The molecule has 2 heterocycles. The zero-order valence-corrected chi connectivity index (χ0v) is 9.37. The molecule has 0 fully saturated rings. The largest absolute Gasteiger partial charge is 0.497 e. The summed E-state index contributed by atoms with van der Waals surface area (Å²) in [6.07, 6.45) is 7.14. The third-order valence-electron chi connectivity index (χ3n) is 2.11. The average Bonchev–Trinajstić information content (AvgIpc) is 2.81. The Bertz CT molecular complexity index is 366. The first-order chi connectivity index (χ1) is 7.84. The Morgan fingerprint density at radius 3 is 3.31 bits per heavy atom. The maximum atomic E-state index is 11.4. The summed E-state index contributed by atoms with van der Waals surface area (Å²) >= 11 is 1.14. The predicted octanol–water partition coefficient (Wildman–Crippen LogP) is 1.35. The lowest BCUT2D eigenvalue weighted by Crippen LogP contribution is -2.36. The van der Waals surface area contributed by atoms with Gasteiger partial charge < -0.3 is 10.1 Å². The molecule has 2 rings (SSSR count). The Morgan fingerprint density at radius 2 is 2.62 bits per heavy atom. The van der Waals surface area contributed by atoms with E-state index in [1.165, 1.54) is 6.20 Å². The van der Waals surface area contributed by atoms with Crippen LogP contribution in [0.15, 0.2) is 18.5 Å². The minimum Gasteiger partial charge on any atom is -0.497 e. The second-order valence-corrected chi connectivity index (χ2v) is 4.11. The fourth-order valence-corrected chi connectivity index (χ4v) is 1.73. The van der Waals surface area contributed by atoms with Gasteiger partial charge in [0.25, 0.3) is 0 Å². The van der Waals surface area contributed by atoms with Crippen molar-refractivity contribution < 1.29 is 9.53 Å². The minimum absolute atomic E-state index is 0.0651. The van der Waals surface area contributed by atoms with Crippen molar-refractivity contribution in [3.8, 4) is 0 Å². The third-order valence-corrected chi connectivity index (χ3v) is 2.69. The van der Waals surface area contributed by atoms with Crippen LogP contribution < -0.4 is 10.6 Å². The Balaban J connectivity index is 1.69. The molecule has 1 unspecified atom stereocenters. The smallest absolute Gasteiger partial charge is 0.320 e. The van der Waals surface area contributed by atoms with Crippen LogP contribution in [0.3, 0.4) is 0 Å². The Morgan fingerprint density at radius 1 is 1.69 bits per heavy atom. The van der Waals surface area contributed by atoms with Gasteiger partial charge in [0.05, 0.1) is 19.0 Å². The lowest BCUT2D eigenvalue weighted by molar-refractivity contribution is 0.124. The first-order valence-corrected chi connectivity index (χ1v) is 5.74. The molecule has 6 nitrogen and oxygen atoms in total. The van der Waals surface area contributed by atoms with Crippen LogP contribution in [0.25, 0.3) is 0 Å².